The zero-order valence-electron chi connectivity index (χ0n) is 3.97. The van der Waals surface area contributed by atoms with Gasteiger partial charge in [0.25, 0.3) is 0 Å². The number of hydrogen-bond acceptors (Lipinski definition) is 1. The Morgan fingerprint density at radius 3 is 2.50 bits per heavy atom. The zero-order valence-corrected chi connectivity index (χ0v) is 9.66. The van der Waals surface area contributed by atoms with Crippen molar-refractivity contribution in [3.8, 4) is 0 Å². The Morgan fingerprint density at radius 1 is 1.50 bits per heavy atom. The number of allylic oxidation sites excluding steroid dienone is 2. The molecule has 0 aromatic carbocycles. The fourth-order valence-electron chi connectivity index (χ4n) is 0.294. The molecule has 0 aromatic heterocycles. The van der Waals surface area contributed by atoms with Gasteiger partial charge in [0.15, 0.2) is 0 Å². The second-order valence-electron chi connectivity index (χ2n) is 1.11. The van der Waals surface area contributed by atoms with Crippen molar-refractivity contribution < 1.29 is 20.4 Å². The quantitative estimate of drug-likeness (QED) is 0.434. The van der Waals surface area contributed by atoms with Crippen molar-refractivity contribution in [1.82, 2.24) is 0 Å². The first-order valence-electron chi connectivity index (χ1n) is 1.88. The van der Waals surface area contributed by atoms with E-state index >= 15 is 0 Å². The van der Waals surface area contributed by atoms with E-state index in [9.17, 15) is 0 Å². The summed E-state index contributed by atoms with van der Waals surface area (Å²) < 4.78 is 4.34. The molecule has 0 atom stereocenters. The molecule has 0 aliphatic carbocycles. The van der Waals surface area contributed by atoms with Gasteiger partial charge < -0.3 is 12.6 Å². The summed E-state index contributed by atoms with van der Waals surface area (Å²) in [5, 5.41) is 0. The molecule has 1 aliphatic heterocycles. The van der Waals surface area contributed by atoms with E-state index < -0.39 is 0 Å². The summed E-state index contributed by atoms with van der Waals surface area (Å²) in [6.07, 6.45) is 4.01. The van der Waals surface area contributed by atoms with Gasteiger partial charge in [-0.15, -0.1) is 0 Å². The Labute approximate surface area is 78.2 Å². The zero-order chi connectivity index (χ0) is 5.11. The van der Waals surface area contributed by atoms with Crippen LogP contribution in [0, 0.1) is 0 Å². The maximum Gasteiger partial charge on any atom is 0 e. The van der Waals surface area contributed by atoms with Gasteiger partial charge in [0.2, 0.25) is 0 Å². The molecule has 1 aliphatic rings. The minimum Gasteiger partial charge on any atom is -0.780 e. The SMILES string of the molecule is [Re].[S-]C1=CC=IC=C1. The predicted molar refractivity (Wildman–Crippen MR) is 44.7 cm³/mol. The third kappa shape index (κ3) is 3.08. The molecule has 0 saturated heterocycles. The molecule has 8 heavy (non-hydrogen) atoms. The van der Waals surface area contributed by atoms with E-state index in [4.69, 9.17) is 12.6 Å². The summed E-state index contributed by atoms with van der Waals surface area (Å²) in [7, 11) is 0. The van der Waals surface area contributed by atoms with Gasteiger partial charge >= 0.3 is 0 Å². The van der Waals surface area contributed by atoms with Crippen LogP contribution in [0.15, 0.2) is 21.1 Å². The number of rotatable bonds is 0. The van der Waals surface area contributed by atoms with Crippen molar-refractivity contribution in [2.45, 2.75) is 0 Å². The average Bonchev–Trinajstić information content (AvgIpc) is 1.69. The van der Waals surface area contributed by atoms with Crippen LogP contribution in [-0.4, -0.2) is 4.01 Å². The molecule has 0 bridgehead atoms. The minimum atomic E-state index is 0. The van der Waals surface area contributed by atoms with Gasteiger partial charge in [-0.3, -0.25) is 0 Å². The number of hydrogen-bond donors (Lipinski definition) is 0. The normalized spacial score (nSPS) is 15.8. The topological polar surface area (TPSA) is 0 Å². The molecular formula is C5H4IReS-. The van der Waals surface area contributed by atoms with E-state index in [-0.39, 0.29) is 41.2 Å². The second kappa shape index (κ2) is 4.81. The summed E-state index contributed by atoms with van der Waals surface area (Å²) in [5.74, 6) is 0. The average molecular weight is 409 g/mol. The standard InChI is InChI=1S/C5H5IS.Re/c7-5-1-3-6-4-2-5;/h1-4,7H;/p-1. The van der Waals surface area contributed by atoms with Gasteiger partial charge in [-0.05, 0) is 8.09 Å². The molecule has 0 saturated carbocycles. The molecule has 1 heterocycles. The second-order valence-corrected chi connectivity index (χ2v) is 3.74. The maximum atomic E-state index is 4.85. The van der Waals surface area contributed by atoms with Crippen LogP contribution in [0.3, 0.4) is 0 Å². The van der Waals surface area contributed by atoms with E-state index in [2.05, 4.69) is 8.09 Å². The van der Waals surface area contributed by atoms with Crippen molar-refractivity contribution >= 4 is 37.4 Å². The van der Waals surface area contributed by atoms with Gasteiger partial charge in [-0.25, -0.2) is 0 Å². The molecule has 3 heteroatoms. The molecule has 0 nitrogen and oxygen atoms in total. The smallest absolute Gasteiger partial charge is 0 e. The van der Waals surface area contributed by atoms with Gasteiger partial charge in [0, 0.05) is 20.4 Å². The van der Waals surface area contributed by atoms with Crippen LogP contribution >= 0.6 is 20.7 Å². The summed E-state index contributed by atoms with van der Waals surface area (Å²) in [6.45, 7) is 0. The van der Waals surface area contributed by atoms with E-state index in [1.165, 1.54) is 0 Å². The Balaban J connectivity index is 0.000000490. The molecule has 0 amide bonds. The molecule has 1 radical (unpaired) electrons. The van der Waals surface area contributed by atoms with Gasteiger partial charge in [-0.1, -0.05) is 32.9 Å². The van der Waals surface area contributed by atoms with E-state index in [1.54, 1.807) is 0 Å². The van der Waals surface area contributed by atoms with Gasteiger partial charge in [0.1, 0.15) is 0 Å². The van der Waals surface area contributed by atoms with Crippen LogP contribution in [0.5, 0.6) is 0 Å². The Bertz CT molecular complexity index is 149. The molecular weight excluding hydrogens is 405 g/mol. The Kier molecular flexibility index (Phi) is 5.38. The Morgan fingerprint density at radius 2 is 2.25 bits per heavy atom. The monoisotopic (exact) mass is 410 g/mol. The van der Waals surface area contributed by atoms with Crippen LogP contribution < -0.4 is 0 Å². The molecule has 0 unspecified atom stereocenters. The molecule has 0 aromatic rings. The molecule has 0 spiro atoms. The van der Waals surface area contributed by atoms with E-state index in [0.717, 1.165) is 4.91 Å². The first-order valence-corrected chi connectivity index (χ1v) is 4.78. The van der Waals surface area contributed by atoms with Crippen molar-refractivity contribution in [3.05, 3.63) is 21.1 Å². The van der Waals surface area contributed by atoms with Crippen LogP contribution in [0.4, 0.5) is 0 Å². The summed E-state index contributed by atoms with van der Waals surface area (Å²) in [5.41, 5.74) is 0. The first kappa shape index (κ1) is 8.96. The van der Waals surface area contributed by atoms with Crippen LogP contribution in [0.2, 0.25) is 0 Å². The van der Waals surface area contributed by atoms with Crippen LogP contribution in [-0.2, 0) is 33.1 Å². The van der Waals surface area contributed by atoms with Gasteiger partial charge in [0.05, 0.1) is 0 Å². The summed E-state index contributed by atoms with van der Waals surface area (Å²) in [4.78, 5) is 0.964. The minimum absolute atomic E-state index is 0. The van der Waals surface area contributed by atoms with Gasteiger partial charge in [-0.2, -0.15) is 4.91 Å². The van der Waals surface area contributed by atoms with E-state index in [1.807, 2.05) is 12.2 Å². The van der Waals surface area contributed by atoms with Crippen LogP contribution in [0.25, 0.3) is 0 Å². The van der Waals surface area contributed by atoms with E-state index in [0.29, 0.717) is 0 Å². The van der Waals surface area contributed by atoms with Crippen molar-refractivity contribution in [3.63, 3.8) is 0 Å². The fraction of sp³-hybridized carbons (Fsp3) is 0. The summed E-state index contributed by atoms with van der Waals surface area (Å²) >= 11 is 5.09. The molecule has 0 fully saturated rings. The molecule has 45 valence electrons. The van der Waals surface area contributed by atoms with Crippen LogP contribution in [0.1, 0.15) is 0 Å². The number of halogens is 1. The maximum absolute atomic E-state index is 4.85. The predicted octanol–water partition coefficient (Wildman–Crippen LogP) is 1.71. The summed E-state index contributed by atoms with van der Waals surface area (Å²) in [6, 6.07) is 0. The third-order valence-corrected chi connectivity index (χ3v) is 2.42. The first-order chi connectivity index (χ1) is 3.39. The van der Waals surface area contributed by atoms with Crippen molar-refractivity contribution in [2.24, 2.45) is 0 Å². The van der Waals surface area contributed by atoms with Crippen molar-refractivity contribution in [1.29, 1.82) is 0 Å². The Hall–Kier alpha value is 0.962. The van der Waals surface area contributed by atoms with Crippen molar-refractivity contribution in [2.75, 3.05) is 0 Å². The largest absolute Gasteiger partial charge is 0.780 e. The molecule has 0 N–H and O–H groups in total. The molecule has 1 rings (SSSR count). The third-order valence-electron chi connectivity index (χ3n) is 0.600. The fourth-order valence-corrected chi connectivity index (χ4v) is 2.35.